The molecule has 2 N–H and O–H groups in total. The van der Waals surface area contributed by atoms with Crippen LogP contribution in [-0.2, 0) is 0 Å². The van der Waals surface area contributed by atoms with Crippen LogP contribution in [0.25, 0.3) is 11.3 Å². The first kappa shape index (κ1) is 19.5. The van der Waals surface area contributed by atoms with Crippen molar-refractivity contribution in [3.05, 3.63) is 72.1 Å². The van der Waals surface area contributed by atoms with Gasteiger partial charge in [-0.1, -0.05) is 37.6 Å². The van der Waals surface area contributed by atoms with Crippen LogP contribution >= 0.6 is 0 Å². The highest BCUT2D eigenvalue weighted by atomic mass is 16.1. The zero-order valence-corrected chi connectivity index (χ0v) is 16.6. The smallest absolute Gasteiger partial charge is 0.251 e. The summed E-state index contributed by atoms with van der Waals surface area (Å²) in [4.78, 5) is 20.8. The van der Waals surface area contributed by atoms with Crippen LogP contribution in [0.5, 0.6) is 0 Å². The second-order valence-corrected chi connectivity index (χ2v) is 7.30. The predicted octanol–water partition coefficient (Wildman–Crippen LogP) is 4.97. The molecule has 0 spiro atoms. The Morgan fingerprint density at radius 2 is 1.82 bits per heavy atom. The number of rotatable bonds is 7. The molecule has 0 aliphatic heterocycles. The summed E-state index contributed by atoms with van der Waals surface area (Å²) >= 11 is 0. The third kappa shape index (κ3) is 5.39. The third-order valence-electron chi connectivity index (χ3n) is 4.41. The minimum absolute atomic E-state index is 0.0454. The van der Waals surface area contributed by atoms with Gasteiger partial charge in [-0.2, -0.15) is 0 Å². The van der Waals surface area contributed by atoms with Crippen molar-refractivity contribution in [1.82, 2.24) is 15.3 Å². The number of nitrogens with one attached hydrogen (secondary N) is 2. The van der Waals surface area contributed by atoms with Crippen LogP contribution in [0, 0.1) is 12.8 Å². The first-order valence-electron chi connectivity index (χ1n) is 9.55. The second-order valence-electron chi connectivity index (χ2n) is 7.30. The Bertz CT molecular complexity index is 935. The summed E-state index contributed by atoms with van der Waals surface area (Å²) in [6.45, 7) is 7.04. The Morgan fingerprint density at radius 3 is 2.54 bits per heavy atom. The topological polar surface area (TPSA) is 66.9 Å². The Kier molecular flexibility index (Phi) is 6.37. The van der Waals surface area contributed by atoms with E-state index in [2.05, 4.69) is 53.5 Å². The SMILES string of the molecule is Cc1cccc(-c2cc(Nc3ccc(C(=O)NCCC(C)C)cc3)ncn2)c1. The number of hydrogen-bond acceptors (Lipinski definition) is 4. The van der Waals surface area contributed by atoms with Crippen LogP contribution in [0.3, 0.4) is 0 Å². The second kappa shape index (κ2) is 9.13. The van der Waals surface area contributed by atoms with Gasteiger partial charge in [0.15, 0.2) is 0 Å². The molecule has 0 saturated carbocycles. The van der Waals surface area contributed by atoms with Crippen molar-refractivity contribution in [2.45, 2.75) is 27.2 Å². The molecule has 28 heavy (non-hydrogen) atoms. The summed E-state index contributed by atoms with van der Waals surface area (Å²) in [5.74, 6) is 1.24. The molecule has 144 valence electrons. The molecule has 0 fully saturated rings. The van der Waals surface area contributed by atoms with Gasteiger partial charge in [-0.05, 0) is 49.6 Å². The molecule has 0 unspecified atom stereocenters. The number of benzene rings is 2. The van der Waals surface area contributed by atoms with E-state index >= 15 is 0 Å². The molecular weight excluding hydrogens is 348 g/mol. The Morgan fingerprint density at radius 1 is 1.04 bits per heavy atom. The Balaban J connectivity index is 1.66. The molecule has 1 heterocycles. The molecule has 2 aromatic carbocycles. The number of aryl methyl sites for hydroxylation is 1. The average molecular weight is 374 g/mol. The highest BCUT2D eigenvalue weighted by Crippen LogP contribution is 2.22. The van der Waals surface area contributed by atoms with Gasteiger partial charge in [0.2, 0.25) is 0 Å². The monoisotopic (exact) mass is 374 g/mol. The number of hydrogen-bond donors (Lipinski definition) is 2. The highest BCUT2D eigenvalue weighted by Gasteiger charge is 2.07. The lowest BCUT2D eigenvalue weighted by molar-refractivity contribution is 0.0952. The lowest BCUT2D eigenvalue weighted by Crippen LogP contribution is -2.25. The van der Waals surface area contributed by atoms with Crippen LogP contribution in [0.4, 0.5) is 11.5 Å². The molecule has 0 atom stereocenters. The lowest BCUT2D eigenvalue weighted by Gasteiger charge is -2.09. The van der Waals surface area contributed by atoms with E-state index in [0.29, 0.717) is 23.8 Å². The Labute approximate surface area is 166 Å². The van der Waals surface area contributed by atoms with Crippen molar-refractivity contribution < 1.29 is 4.79 Å². The maximum Gasteiger partial charge on any atom is 0.251 e. The van der Waals surface area contributed by atoms with Crippen LogP contribution in [0.15, 0.2) is 60.9 Å². The number of carbonyl (C=O) groups is 1. The quantitative estimate of drug-likeness (QED) is 0.613. The number of anilines is 2. The normalized spacial score (nSPS) is 10.7. The fourth-order valence-electron chi connectivity index (χ4n) is 2.82. The lowest BCUT2D eigenvalue weighted by atomic mass is 10.1. The molecule has 0 aliphatic rings. The van der Waals surface area contributed by atoms with Crippen LogP contribution in [0.2, 0.25) is 0 Å². The summed E-state index contributed by atoms with van der Waals surface area (Å²) in [5.41, 5.74) is 4.62. The van der Waals surface area contributed by atoms with Crippen LogP contribution < -0.4 is 10.6 Å². The summed E-state index contributed by atoms with van der Waals surface area (Å²) in [6, 6.07) is 17.5. The predicted molar refractivity (Wildman–Crippen MR) is 114 cm³/mol. The number of nitrogens with zero attached hydrogens (tertiary/aromatic N) is 2. The fourth-order valence-corrected chi connectivity index (χ4v) is 2.82. The van der Waals surface area contributed by atoms with Gasteiger partial charge < -0.3 is 10.6 Å². The van der Waals surface area contributed by atoms with E-state index in [1.165, 1.54) is 5.56 Å². The van der Waals surface area contributed by atoms with Gasteiger partial charge >= 0.3 is 0 Å². The maximum atomic E-state index is 12.2. The van der Waals surface area contributed by atoms with Gasteiger partial charge in [0, 0.05) is 29.4 Å². The molecule has 5 heteroatoms. The number of aromatic nitrogens is 2. The van der Waals surface area contributed by atoms with E-state index in [1.807, 2.05) is 42.5 Å². The van der Waals surface area contributed by atoms with E-state index in [4.69, 9.17) is 0 Å². The standard InChI is InChI=1S/C23H26N4O/c1-16(2)11-12-24-23(28)18-7-9-20(10-8-18)27-22-14-21(25-15-26-22)19-6-4-5-17(3)13-19/h4-10,13-16H,11-12H2,1-3H3,(H,24,28)(H,25,26,27). The molecule has 0 aliphatic carbocycles. The van der Waals surface area contributed by atoms with Gasteiger partial charge in [-0.25, -0.2) is 9.97 Å². The van der Waals surface area contributed by atoms with Crippen molar-refractivity contribution in [3.8, 4) is 11.3 Å². The minimum atomic E-state index is -0.0454. The highest BCUT2D eigenvalue weighted by molar-refractivity contribution is 5.94. The molecule has 1 amide bonds. The van der Waals surface area contributed by atoms with Gasteiger partial charge in [-0.15, -0.1) is 0 Å². The van der Waals surface area contributed by atoms with Crippen LogP contribution in [0.1, 0.15) is 36.2 Å². The zero-order valence-electron chi connectivity index (χ0n) is 16.6. The summed E-state index contributed by atoms with van der Waals surface area (Å²) in [7, 11) is 0. The molecule has 0 radical (unpaired) electrons. The van der Waals surface area contributed by atoms with Gasteiger partial charge in [0.25, 0.3) is 5.91 Å². The van der Waals surface area contributed by atoms with E-state index in [1.54, 1.807) is 6.33 Å². The third-order valence-corrected chi connectivity index (χ3v) is 4.41. The molecule has 0 bridgehead atoms. The van der Waals surface area contributed by atoms with Gasteiger partial charge in [0.1, 0.15) is 12.1 Å². The first-order valence-corrected chi connectivity index (χ1v) is 9.55. The number of amides is 1. The molecule has 0 saturated heterocycles. The van der Waals surface area contributed by atoms with Crippen molar-refractivity contribution in [2.24, 2.45) is 5.92 Å². The van der Waals surface area contributed by atoms with Gasteiger partial charge in [-0.3, -0.25) is 4.79 Å². The largest absolute Gasteiger partial charge is 0.352 e. The van der Waals surface area contributed by atoms with Crippen molar-refractivity contribution in [3.63, 3.8) is 0 Å². The minimum Gasteiger partial charge on any atom is -0.352 e. The molecular formula is C23H26N4O. The zero-order chi connectivity index (χ0) is 19.9. The summed E-state index contributed by atoms with van der Waals surface area (Å²) in [5, 5.41) is 6.22. The molecule has 3 aromatic rings. The Hall–Kier alpha value is -3.21. The van der Waals surface area contributed by atoms with E-state index in [9.17, 15) is 4.79 Å². The van der Waals surface area contributed by atoms with E-state index in [0.717, 1.165) is 23.4 Å². The number of carbonyl (C=O) groups excluding carboxylic acids is 1. The van der Waals surface area contributed by atoms with Crippen molar-refractivity contribution >= 4 is 17.4 Å². The van der Waals surface area contributed by atoms with Crippen LogP contribution in [-0.4, -0.2) is 22.4 Å². The molecule has 3 rings (SSSR count). The molecule has 5 nitrogen and oxygen atoms in total. The van der Waals surface area contributed by atoms with E-state index < -0.39 is 0 Å². The fraction of sp³-hybridized carbons (Fsp3) is 0.261. The summed E-state index contributed by atoms with van der Waals surface area (Å²) in [6.07, 6.45) is 2.53. The first-order chi connectivity index (χ1) is 13.5. The van der Waals surface area contributed by atoms with Crippen molar-refractivity contribution in [1.29, 1.82) is 0 Å². The summed E-state index contributed by atoms with van der Waals surface area (Å²) < 4.78 is 0. The maximum absolute atomic E-state index is 12.2. The van der Waals surface area contributed by atoms with E-state index in [-0.39, 0.29) is 5.91 Å². The average Bonchev–Trinajstić information content (AvgIpc) is 2.68. The van der Waals surface area contributed by atoms with Gasteiger partial charge in [0.05, 0.1) is 5.69 Å². The van der Waals surface area contributed by atoms with Crippen molar-refractivity contribution in [2.75, 3.05) is 11.9 Å². The molecule has 1 aromatic heterocycles.